The zero-order valence-corrected chi connectivity index (χ0v) is 19.5. The van der Waals surface area contributed by atoms with Gasteiger partial charge in [0.1, 0.15) is 0 Å². The van der Waals surface area contributed by atoms with E-state index in [1.165, 1.54) is 36.4 Å². The predicted molar refractivity (Wildman–Crippen MR) is 137 cm³/mol. The zero-order chi connectivity index (χ0) is 26.6. The fourth-order valence-corrected chi connectivity index (χ4v) is 4.73. The van der Waals surface area contributed by atoms with Crippen molar-refractivity contribution < 1.29 is 28.8 Å². The first-order valence-electron chi connectivity index (χ1n) is 11.6. The van der Waals surface area contributed by atoms with Crippen molar-refractivity contribution in [2.75, 3.05) is 10.6 Å². The van der Waals surface area contributed by atoms with Gasteiger partial charge in [-0.3, -0.25) is 28.8 Å². The van der Waals surface area contributed by atoms with Gasteiger partial charge >= 0.3 is 11.8 Å². The highest BCUT2D eigenvalue weighted by molar-refractivity contribution is 6.44. The van der Waals surface area contributed by atoms with Crippen molar-refractivity contribution in [3.05, 3.63) is 129 Å². The average Bonchev–Trinajstić information content (AvgIpc) is 2.94. The number of carbonyl (C=O) groups excluding carboxylic acids is 6. The standard InChI is InChI=1S/C30H16N2O6/c33-25-17-5-1-3-7-19(17)27(35)23-13-15(9-11-21(23)25)31-29(37)30(38)32-16-10-12-22-24(14-16)28(36)20-8-4-2-6-18(20)26(22)34/h1-14H,(H,31,37)(H,32,38). The van der Waals surface area contributed by atoms with Gasteiger partial charge in [0.05, 0.1) is 0 Å². The molecule has 8 heteroatoms. The quantitative estimate of drug-likeness (QED) is 0.348. The summed E-state index contributed by atoms with van der Waals surface area (Å²) in [6, 6.07) is 21.4. The molecule has 0 bridgehead atoms. The molecule has 0 atom stereocenters. The summed E-state index contributed by atoms with van der Waals surface area (Å²) in [5.41, 5.74) is 2.18. The minimum Gasteiger partial charge on any atom is -0.318 e. The molecule has 0 saturated heterocycles. The van der Waals surface area contributed by atoms with Crippen LogP contribution in [0.3, 0.4) is 0 Å². The molecule has 38 heavy (non-hydrogen) atoms. The van der Waals surface area contributed by atoms with Gasteiger partial charge in [0.15, 0.2) is 23.1 Å². The molecule has 2 N–H and O–H groups in total. The first kappa shape index (κ1) is 22.9. The number of hydrogen-bond acceptors (Lipinski definition) is 6. The second-order valence-electron chi connectivity index (χ2n) is 8.84. The summed E-state index contributed by atoms with van der Waals surface area (Å²) in [6.45, 7) is 0. The topological polar surface area (TPSA) is 126 Å². The molecule has 0 aromatic heterocycles. The summed E-state index contributed by atoms with van der Waals surface area (Å²) in [7, 11) is 0. The Bertz CT molecular complexity index is 1650. The Kier molecular flexibility index (Phi) is 5.17. The molecule has 8 nitrogen and oxygen atoms in total. The van der Waals surface area contributed by atoms with Gasteiger partial charge in [-0.15, -0.1) is 0 Å². The molecule has 2 aliphatic carbocycles. The van der Waals surface area contributed by atoms with E-state index in [0.717, 1.165) is 0 Å². The lowest BCUT2D eigenvalue weighted by atomic mass is 9.84. The van der Waals surface area contributed by atoms with Gasteiger partial charge in [0.2, 0.25) is 0 Å². The first-order chi connectivity index (χ1) is 18.3. The van der Waals surface area contributed by atoms with E-state index in [1.54, 1.807) is 48.5 Å². The number of ketones is 4. The maximum atomic E-state index is 12.9. The minimum absolute atomic E-state index is 0.130. The monoisotopic (exact) mass is 500 g/mol. The Morgan fingerprint density at radius 1 is 0.395 bits per heavy atom. The van der Waals surface area contributed by atoms with Gasteiger partial charge in [0.25, 0.3) is 0 Å². The molecule has 0 heterocycles. The van der Waals surface area contributed by atoms with Crippen molar-refractivity contribution in [1.82, 2.24) is 0 Å². The number of fused-ring (bicyclic) bond motifs is 4. The Morgan fingerprint density at radius 3 is 1.03 bits per heavy atom. The number of carbonyl (C=O) groups is 6. The summed E-state index contributed by atoms with van der Waals surface area (Å²) < 4.78 is 0. The van der Waals surface area contributed by atoms with Crippen molar-refractivity contribution in [1.29, 1.82) is 0 Å². The Balaban J connectivity index is 1.20. The first-order valence-corrected chi connectivity index (χ1v) is 11.6. The SMILES string of the molecule is O=C(Nc1ccc2c(c1)C(=O)c1ccccc1C2=O)C(=O)Nc1ccc2c(c1)C(=O)c1ccccc1C2=O. The molecule has 0 aliphatic heterocycles. The van der Waals surface area contributed by atoms with Crippen LogP contribution in [0.25, 0.3) is 0 Å². The highest BCUT2D eigenvalue weighted by atomic mass is 16.2. The second-order valence-corrected chi connectivity index (χ2v) is 8.84. The number of rotatable bonds is 2. The molecule has 2 amide bonds. The Hall–Kier alpha value is -5.50. The molecule has 4 aromatic carbocycles. The van der Waals surface area contributed by atoms with Crippen LogP contribution >= 0.6 is 0 Å². The minimum atomic E-state index is -1.02. The maximum absolute atomic E-state index is 12.9. The van der Waals surface area contributed by atoms with Gasteiger partial charge in [-0.05, 0) is 36.4 Å². The third kappa shape index (κ3) is 3.55. The van der Waals surface area contributed by atoms with E-state index >= 15 is 0 Å². The van der Waals surface area contributed by atoms with Crippen molar-refractivity contribution in [2.45, 2.75) is 0 Å². The summed E-state index contributed by atoms with van der Waals surface area (Å²) in [5, 5.41) is 4.85. The van der Waals surface area contributed by atoms with Crippen molar-refractivity contribution in [3.63, 3.8) is 0 Å². The maximum Gasteiger partial charge on any atom is 0.314 e. The molecule has 0 unspecified atom stereocenters. The van der Waals surface area contributed by atoms with Gasteiger partial charge in [-0.1, -0.05) is 48.5 Å². The van der Waals surface area contributed by atoms with Gasteiger partial charge in [0, 0.05) is 55.9 Å². The average molecular weight is 500 g/mol. The molecular weight excluding hydrogens is 484 g/mol. The normalized spacial score (nSPS) is 13.2. The molecule has 6 rings (SSSR count). The molecule has 0 radical (unpaired) electrons. The van der Waals surface area contributed by atoms with Crippen LogP contribution in [0.4, 0.5) is 11.4 Å². The molecule has 4 aromatic rings. The largest absolute Gasteiger partial charge is 0.318 e. The van der Waals surface area contributed by atoms with E-state index in [0.29, 0.717) is 11.1 Å². The van der Waals surface area contributed by atoms with Crippen LogP contribution in [0.1, 0.15) is 63.7 Å². The summed E-state index contributed by atoms with van der Waals surface area (Å²) in [5.74, 6) is -3.35. The smallest absolute Gasteiger partial charge is 0.314 e. The molecule has 0 fully saturated rings. The molecule has 0 spiro atoms. The second kappa shape index (κ2) is 8.56. The number of amides is 2. The van der Waals surface area contributed by atoms with E-state index in [4.69, 9.17) is 0 Å². The lowest BCUT2D eigenvalue weighted by Crippen LogP contribution is -2.30. The van der Waals surface area contributed by atoms with Crippen LogP contribution in [-0.4, -0.2) is 34.9 Å². The summed E-state index contributed by atoms with van der Waals surface area (Å²) in [6.07, 6.45) is 0. The molecule has 0 saturated carbocycles. The number of nitrogens with one attached hydrogen (secondary N) is 2. The molecule has 182 valence electrons. The molecule has 2 aliphatic rings. The van der Waals surface area contributed by atoms with E-state index in [-0.39, 0.29) is 67.9 Å². The van der Waals surface area contributed by atoms with E-state index in [9.17, 15) is 28.8 Å². The number of hydrogen-bond donors (Lipinski definition) is 2. The van der Waals surface area contributed by atoms with Crippen LogP contribution in [0.2, 0.25) is 0 Å². The van der Waals surface area contributed by atoms with Crippen LogP contribution < -0.4 is 10.6 Å². The fourth-order valence-electron chi connectivity index (χ4n) is 4.73. The zero-order valence-electron chi connectivity index (χ0n) is 19.5. The number of benzene rings is 4. The lowest BCUT2D eigenvalue weighted by Gasteiger charge is -2.18. The van der Waals surface area contributed by atoms with Crippen LogP contribution in [0, 0.1) is 0 Å². The molecular formula is C30H16N2O6. The summed E-state index contributed by atoms with van der Waals surface area (Å²) >= 11 is 0. The third-order valence-electron chi connectivity index (χ3n) is 6.57. The van der Waals surface area contributed by atoms with E-state index in [1.807, 2.05) is 0 Å². The van der Waals surface area contributed by atoms with Crippen molar-refractivity contribution in [2.24, 2.45) is 0 Å². The Labute approximate surface area is 215 Å². The lowest BCUT2D eigenvalue weighted by molar-refractivity contribution is -0.132. The van der Waals surface area contributed by atoms with Gasteiger partial charge in [-0.25, -0.2) is 0 Å². The number of anilines is 2. The van der Waals surface area contributed by atoms with Crippen LogP contribution in [0.5, 0.6) is 0 Å². The van der Waals surface area contributed by atoms with Crippen LogP contribution in [-0.2, 0) is 9.59 Å². The Morgan fingerprint density at radius 2 is 0.684 bits per heavy atom. The highest BCUT2D eigenvalue weighted by Crippen LogP contribution is 2.30. The van der Waals surface area contributed by atoms with Gasteiger partial charge in [-0.2, -0.15) is 0 Å². The predicted octanol–water partition coefficient (Wildman–Crippen LogP) is 3.81. The van der Waals surface area contributed by atoms with E-state index < -0.39 is 11.8 Å². The van der Waals surface area contributed by atoms with E-state index in [2.05, 4.69) is 10.6 Å². The third-order valence-corrected chi connectivity index (χ3v) is 6.57. The summed E-state index contributed by atoms with van der Waals surface area (Å²) in [4.78, 5) is 76.6. The van der Waals surface area contributed by atoms with Gasteiger partial charge < -0.3 is 10.6 Å². The van der Waals surface area contributed by atoms with Crippen LogP contribution in [0.15, 0.2) is 84.9 Å². The van der Waals surface area contributed by atoms with Crippen molar-refractivity contribution in [3.8, 4) is 0 Å². The van der Waals surface area contributed by atoms with Crippen molar-refractivity contribution >= 4 is 46.3 Å². The highest BCUT2D eigenvalue weighted by Gasteiger charge is 2.31. The fraction of sp³-hybridized carbons (Fsp3) is 0.